The molecule has 0 radical (unpaired) electrons. The van der Waals surface area contributed by atoms with Crippen LogP contribution < -0.4 is 11.4 Å². The number of anilines is 1. The average molecular weight is 345 g/mol. The third-order valence-corrected chi connectivity index (χ3v) is 4.09. The number of hydrogen-bond acceptors (Lipinski definition) is 9. The molecule has 0 bridgehead atoms. The highest BCUT2D eigenvalue weighted by Gasteiger charge is 2.35. The van der Waals surface area contributed by atoms with E-state index in [1.54, 1.807) is 4.57 Å². The number of rotatable bonds is 3. The van der Waals surface area contributed by atoms with Crippen LogP contribution in [0.5, 0.6) is 0 Å². The Balaban J connectivity index is 1.80. The minimum atomic E-state index is -0.780. The molecule has 1 saturated heterocycles. The van der Waals surface area contributed by atoms with Gasteiger partial charge < -0.3 is 20.7 Å². The highest BCUT2D eigenvalue weighted by Crippen LogP contribution is 2.31. The van der Waals surface area contributed by atoms with Crippen LogP contribution in [0.3, 0.4) is 0 Å². The van der Waals surface area contributed by atoms with Crippen molar-refractivity contribution >= 4 is 17.0 Å². The Morgan fingerprint density at radius 2 is 2.20 bits per heavy atom. The monoisotopic (exact) mass is 345 g/mol. The summed E-state index contributed by atoms with van der Waals surface area (Å²) in [4.78, 5) is 28.3. The minimum Gasteiger partial charge on any atom is -0.394 e. The summed E-state index contributed by atoms with van der Waals surface area (Å²) in [6.45, 7) is -0.281. The summed E-state index contributed by atoms with van der Waals surface area (Å²) in [5, 5.41) is 19.1. The van der Waals surface area contributed by atoms with E-state index in [0.29, 0.717) is 17.6 Å². The van der Waals surface area contributed by atoms with Gasteiger partial charge in [-0.2, -0.15) is 4.98 Å². The lowest BCUT2D eigenvalue weighted by atomic mass is 10.2. The van der Waals surface area contributed by atoms with Crippen molar-refractivity contribution in [3.63, 3.8) is 0 Å². The first kappa shape index (κ1) is 15.6. The van der Waals surface area contributed by atoms with Crippen molar-refractivity contribution in [3.8, 4) is 5.82 Å². The van der Waals surface area contributed by atoms with E-state index >= 15 is 0 Å². The normalized spacial score (nSPS) is 23.4. The molecule has 11 heteroatoms. The standard InChI is InChI=1S/C14H15N7O4/c15-9-1-2-20(14(24)19-9)12-11-13(17-5-16-12)21(6-18-11)10-3-7(23)8(4-22)25-10/h1-2,5-8,10,22-23H,3-4H2,(H2,15,19,24)/t7?,8-,10-/m1/s1. The second-order valence-corrected chi connectivity index (χ2v) is 5.64. The summed E-state index contributed by atoms with van der Waals surface area (Å²) in [5.41, 5.74) is 5.74. The number of nitrogen functional groups attached to an aromatic ring is 1. The van der Waals surface area contributed by atoms with E-state index in [1.807, 2.05) is 0 Å². The van der Waals surface area contributed by atoms with Crippen LogP contribution in [0.2, 0.25) is 0 Å². The van der Waals surface area contributed by atoms with Crippen molar-refractivity contribution < 1.29 is 14.9 Å². The summed E-state index contributed by atoms with van der Waals surface area (Å²) >= 11 is 0. The molecule has 3 aromatic rings. The molecule has 1 aliphatic rings. The van der Waals surface area contributed by atoms with Crippen molar-refractivity contribution in [1.82, 2.24) is 29.1 Å². The van der Waals surface area contributed by atoms with Gasteiger partial charge in [0.2, 0.25) is 0 Å². The molecule has 11 nitrogen and oxygen atoms in total. The molecular weight excluding hydrogens is 330 g/mol. The van der Waals surface area contributed by atoms with Crippen molar-refractivity contribution in [2.45, 2.75) is 24.9 Å². The van der Waals surface area contributed by atoms with Crippen LogP contribution in [-0.2, 0) is 4.74 Å². The molecular formula is C14H15N7O4. The first-order valence-electron chi connectivity index (χ1n) is 7.56. The number of hydrogen-bond donors (Lipinski definition) is 3. The zero-order chi connectivity index (χ0) is 17.6. The van der Waals surface area contributed by atoms with Gasteiger partial charge in [-0.25, -0.2) is 24.3 Å². The topological polar surface area (TPSA) is 154 Å². The second-order valence-electron chi connectivity index (χ2n) is 5.64. The zero-order valence-corrected chi connectivity index (χ0v) is 12.9. The van der Waals surface area contributed by atoms with Crippen LogP contribution >= 0.6 is 0 Å². The van der Waals surface area contributed by atoms with E-state index in [2.05, 4.69) is 19.9 Å². The number of imidazole rings is 1. The first-order valence-corrected chi connectivity index (χ1v) is 7.56. The van der Waals surface area contributed by atoms with Gasteiger partial charge in [0.25, 0.3) is 0 Å². The predicted molar refractivity (Wildman–Crippen MR) is 84.7 cm³/mol. The van der Waals surface area contributed by atoms with E-state index in [0.717, 1.165) is 0 Å². The van der Waals surface area contributed by atoms with Crippen LogP contribution in [-0.4, -0.2) is 58.1 Å². The van der Waals surface area contributed by atoms with Gasteiger partial charge in [-0.15, -0.1) is 0 Å². The van der Waals surface area contributed by atoms with Crippen LogP contribution in [0.1, 0.15) is 12.6 Å². The van der Waals surface area contributed by atoms with Gasteiger partial charge in [-0.3, -0.25) is 4.57 Å². The fourth-order valence-electron chi connectivity index (χ4n) is 2.85. The Bertz CT molecular complexity index is 985. The lowest BCUT2D eigenvalue weighted by Crippen LogP contribution is -2.24. The van der Waals surface area contributed by atoms with Gasteiger partial charge in [0.15, 0.2) is 17.0 Å². The first-order chi connectivity index (χ1) is 12.1. The van der Waals surface area contributed by atoms with Crippen LogP contribution in [0, 0.1) is 0 Å². The summed E-state index contributed by atoms with van der Waals surface area (Å²) in [6.07, 6.45) is 2.58. The highest BCUT2D eigenvalue weighted by molar-refractivity contribution is 5.78. The molecule has 0 aliphatic carbocycles. The number of nitrogens with zero attached hydrogens (tertiary/aromatic N) is 6. The average Bonchev–Trinajstić information content (AvgIpc) is 3.18. The number of aliphatic hydroxyl groups excluding tert-OH is 2. The Labute approximate surface area is 140 Å². The van der Waals surface area contributed by atoms with Gasteiger partial charge in [-0.05, 0) is 6.07 Å². The van der Waals surface area contributed by atoms with Crippen LogP contribution in [0.4, 0.5) is 5.82 Å². The fourth-order valence-corrected chi connectivity index (χ4v) is 2.85. The van der Waals surface area contributed by atoms with Gasteiger partial charge in [-0.1, -0.05) is 0 Å². The van der Waals surface area contributed by atoms with Gasteiger partial charge in [0, 0.05) is 12.6 Å². The van der Waals surface area contributed by atoms with Crippen molar-refractivity contribution in [3.05, 3.63) is 35.4 Å². The molecule has 0 aromatic carbocycles. The molecule has 1 unspecified atom stereocenters. The van der Waals surface area contributed by atoms with Crippen LogP contribution in [0.15, 0.2) is 29.7 Å². The predicted octanol–water partition coefficient (Wildman–Crippen LogP) is -1.40. The Morgan fingerprint density at radius 3 is 2.92 bits per heavy atom. The molecule has 130 valence electrons. The number of nitrogens with two attached hydrogens (primary N) is 1. The highest BCUT2D eigenvalue weighted by atomic mass is 16.5. The smallest absolute Gasteiger partial charge is 0.355 e. The van der Waals surface area contributed by atoms with Gasteiger partial charge in [0.05, 0.1) is 19.0 Å². The number of aromatic nitrogens is 6. The number of aliphatic hydroxyl groups is 2. The zero-order valence-electron chi connectivity index (χ0n) is 12.9. The van der Waals surface area contributed by atoms with Gasteiger partial charge in [0.1, 0.15) is 24.5 Å². The summed E-state index contributed by atoms with van der Waals surface area (Å²) in [6, 6.07) is 1.48. The molecule has 4 N–H and O–H groups in total. The quantitative estimate of drug-likeness (QED) is 0.519. The maximum absolute atomic E-state index is 12.1. The summed E-state index contributed by atoms with van der Waals surface area (Å²) < 4.78 is 8.48. The van der Waals surface area contributed by atoms with Crippen LogP contribution in [0.25, 0.3) is 17.0 Å². The molecule has 1 fully saturated rings. The third-order valence-electron chi connectivity index (χ3n) is 4.09. The molecule has 0 spiro atoms. The molecule has 25 heavy (non-hydrogen) atoms. The maximum Gasteiger partial charge on any atom is 0.355 e. The molecule has 1 aliphatic heterocycles. The number of fused-ring (bicyclic) bond motifs is 1. The molecule has 4 rings (SSSR count). The van der Waals surface area contributed by atoms with E-state index in [9.17, 15) is 15.0 Å². The van der Waals surface area contributed by atoms with Gasteiger partial charge >= 0.3 is 5.69 Å². The Hall–Kier alpha value is -2.89. The van der Waals surface area contributed by atoms with E-state index < -0.39 is 24.1 Å². The molecule has 4 heterocycles. The van der Waals surface area contributed by atoms with E-state index in [-0.39, 0.29) is 18.2 Å². The number of ether oxygens (including phenoxy) is 1. The van der Waals surface area contributed by atoms with Crippen molar-refractivity contribution in [1.29, 1.82) is 0 Å². The lowest BCUT2D eigenvalue weighted by molar-refractivity contribution is -0.0432. The molecule has 0 saturated carbocycles. The Kier molecular flexibility index (Phi) is 3.67. The molecule has 0 amide bonds. The summed E-state index contributed by atoms with van der Waals surface area (Å²) in [5.74, 6) is 0.374. The van der Waals surface area contributed by atoms with Crippen molar-refractivity contribution in [2.24, 2.45) is 0 Å². The Morgan fingerprint density at radius 1 is 1.36 bits per heavy atom. The molecule has 3 atom stereocenters. The maximum atomic E-state index is 12.1. The molecule has 3 aromatic heterocycles. The van der Waals surface area contributed by atoms with E-state index in [1.165, 1.54) is 29.5 Å². The largest absolute Gasteiger partial charge is 0.394 e. The van der Waals surface area contributed by atoms with Crippen molar-refractivity contribution in [2.75, 3.05) is 12.3 Å². The SMILES string of the molecule is Nc1ccn(-c2ncnc3c2ncn3[C@H]2CC(O)[C@@H](CO)O2)c(=O)n1. The lowest BCUT2D eigenvalue weighted by Gasteiger charge is -2.13. The summed E-state index contributed by atoms with van der Waals surface area (Å²) in [7, 11) is 0. The minimum absolute atomic E-state index is 0.112. The third kappa shape index (κ3) is 2.54. The fraction of sp³-hybridized carbons (Fsp3) is 0.357. The van der Waals surface area contributed by atoms with E-state index in [4.69, 9.17) is 10.5 Å². The second kappa shape index (κ2) is 5.88.